The predicted octanol–water partition coefficient (Wildman–Crippen LogP) is 6.26. The summed E-state index contributed by atoms with van der Waals surface area (Å²) >= 11 is 5.87. The minimum absolute atomic E-state index is 0.0654. The summed E-state index contributed by atoms with van der Waals surface area (Å²) in [5.41, 5.74) is 3.51. The van der Waals surface area contributed by atoms with Crippen molar-refractivity contribution in [2.45, 2.75) is 20.3 Å². The van der Waals surface area contributed by atoms with Gasteiger partial charge in [-0.1, -0.05) is 30.7 Å². The highest BCUT2D eigenvalue weighted by molar-refractivity contribution is 6.30. The highest BCUT2D eigenvalue weighted by Crippen LogP contribution is 2.26. The summed E-state index contributed by atoms with van der Waals surface area (Å²) in [6, 6.07) is 19.7. The number of hydrogen-bond acceptors (Lipinski definition) is 4. The number of carbonyl (C=O) groups is 2. The molecule has 34 heavy (non-hydrogen) atoms. The summed E-state index contributed by atoms with van der Waals surface area (Å²) in [5.74, 6) is 0.229. The van der Waals surface area contributed by atoms with Crippen LogP contribution in [-0.2, 0) is 6.42 Å². The van der Waals surface area contributed by atoms with Crippen LogP contribution in [0.4, 0.5) is 0 Å². The third kappa shape index (κ3) is 5.24. The maximum atomic E-state index is 12.7. The Balaban J connectivity index is 0.000000215. The first-order valence-electron chi connectivity index (χ1n) is 10.7. The number of halogens is 1. The van der Waals surface area contributed by atoms with E-state index in [1.807, 2.05) is 44.2 Å². The van der Waals surface area contributed by atoms with Crippen molar-refractivity contribution in [3.05, 3.63) is 94.1 Å². The third-order valence-electron chi connectivity index (χ3n) is 5.40. The van der Waals surface area contributed by atoms with E-state index in [0.29, 0.717) is 16.3 Å². The Kier molecular flexibility index (Phi) is 7.97. The largest absolute Gasteiger partial charge is 0.497 e. The molecule has 0 saturated carbocycles. The molecule has 6 nitrogen and oxygen atoms in total. The lowest BCUT2D eigenvalue weighted by Crippen LogP contribution is -2.13. The van der Waals surface area contributed by atoms with Gasteiger partial charge in [-0.15, -0.1) is 0 Å². The van der Waals surface area contributed by atoms with Gasteiger partial charge in [0.05, 0.1) is 19.7 Å². The number of methoxy groups -OCH3 is 2. The minimum Gasteiger partial charge on any atom is -0.497 e. The normalized spacial score (nSPS) is 10.4. The molecule has 176 valence electrons. The van der Waals surface area contributed by atoms with E-state index in [4.69, 9.17) is 26.2 Å². The molecule has 0 atom stereocenters. The highest BCUT2D eigenvalue weighted by atomic mass is 35.5. The van der Waals surface area contributed by atoms with Crippen LogP contribution in [0.3, 0.4) is 0 Å². The van der Waals surface area contributed by atoms with Crippen molar-refractivity contribution >= 4 is 34.4 Å². The zero-order valence-electron chi connectivity index (χ0n) is 19.5. The van der Waals surface area contributed by atoms with Crippen LogP contribution in [0.5, 0.6) is 11.5 Å². The Hall–Kier alpha value is -3.77. The van der Waals surface area contributed by atoms with E-state index >= 15 is 0 Å². The van der Waals surface area contributed by atoms with Crippen LogP contribution in [0.2, 0.25) is 5.02 Å². The molecule has 0 aliphatic rings. The lowest BCUT2D eigenvalue weighted by molar-refractivity contribution is 0.0692. The predicted molar refractivity (Wildman–Crippen MR) is 134 cm³/mol. The van der Waals surface area contributed by atoms with Crippen LogP contribution in [0.15, 0.2) is 66.7 Å². The number of benzene rings is 3. The van der Waals surface area contributed by atoms with Gasteiger partial charge >= 0.3 is 5.97 Å². The van der Waals surface area contributed by atoms with Crippen molar-refractivity contribution in [1.29, 1.82) is 0 Å². The second-order valence-electron chi connectivity index (χ2n) is 7.51. The number of carbonyl (C=O) groups excluding carboxylic acids is 1. The van der Waals surface area contributed by atoms with Crippen LogP contribution in [0, 0.1) is 6.92 Å². The summed E-state index contributed by atoms with van der Waals surface area (Å²) in [4.78, 5) is 23.5. The zero-order valence-corrected chi connectivity index (χ0v) is 20.2. The fourth-order valence-electron chi connectivity index (χ4n) is 3.72. The van der Waals surface area contributed by atoms with Gasteiger partial charge in [-0.05, 0) is 73.5 Å². The number of rotatable bonds is 5. The van der Waals surface area contributed by atoms with E-state index in [-0.39, 0.29) is 11.5 Å². The van der Waals surface area contributed by atoms with Crippen LogP contribution in [-0.4, -0.2) is 35.8 Å². The average Bonchev–Trinajstić information content (AvgIpc) is 3.18. The molecule has 1 aromatic heterocycles. The number of aromatic carboxylic acids is 1. The molecule has 0 amide bonds. The van der Waals surface area contributed by atoms with Gasteiger partial charge < -0.3 is 14.6 Å². The first-order valence-corrected chi connectivity index (χ1v) is 11.0. The number of para-hydroxylation sites is 1. The summed E-state index contributed by atoms with van der Waals surface area (Å²) in [7, 11) is 3.12. The molecule has 4 rings (SSSR count). The smallest absolute Gasteiger partial charge is 0.339 e. The van der Waals surface area contributed by atoms with Crippen molar-refractivity contribution in [3.63, 3.8) is 0 Å². The Morgan fingerprint density at radius 2 is 1.68 bits per heavy atom. The quantitative estimate of drug-likeness (QED) is 0.365. The highest BCUT2D eigenvalue weighted by Gasteiger charge is 2.15. The number of nitrogens with zero attached hydrogens (tertiary/aromatic N) is 1. The van der Waals surface area contributed by atoms with Gasteiger partial charge in [0, 0.05) is 21.7 Å². The average molecular weight is 480 g/mol. The third-order valence-corrected chi connectivity index (χ3v) is 5.65. The molecule has 0 spiro atoms. The molecule has 0 bridgehead atoms. The van der Waals surface area contributed by atoms with Gasteiger partial charge in [0.25, 0.3) is 5.91 Å². The fourth-order valence-corrected chi connectivity index (χ4v) is 3.85. The number of aromatic nitrogens is 1. The van der Waals surface area contributed by atoms with Crippen molar-refractivity contribution in [3.8, 4) is 11.5 Å². The van der Waals surface area contributed by atoms with Crippen molar-refractivity contribution in [2.24, 2.45) is 0 Å². The molecule has 0 radical (unpaired) electrons. The molecule has 1 heterocycles. The molecule has 0 saturated heterocycles. The molecular weight excluding hydrogens is 454 g/mol. The Morgan fingerprint density at radius 1 is 0.971 bits per heavy atom. The number of carboxylic acids is 1. The fraction of sp³-hybridized carbons (Fsp3) is 0.185. The molecular formula is C27H26ClNO5. The molecule has 0 unspecified atom stereocenters. The van der Waals surface area contributed by atoms with E-state index in [9.17, 15) is 9.59 Å². The van der Waals surface area contributed by atoms with Gasteiger partial charge in [-0.2, -0.15) is 0 Å². The van der Waals surface area contributed by atoms with E-state index in [1.165, 1.54) is 7.11 Å². The maximum Gasteiger partial charge on any atom is 0.339 e. The molecule has 4 aromatic rings. The molecule has 0 fully saturated rings. The topological polar surface area (TPSA) is 77.8 Å². The summed E-state index contributed by atoms with van der Waals surface area (Å²) < 4.78 is 12.0. The molecule has 7 heteroatoms. The number of carboxylic acid groups (broad SMARTS) is 1. The molecule has 0 aliphatic heterocycles. The van der Waals surface area contributed by atoms with Crippen LogP contribution >= 0.6 is 11.6 Å². The van der Waals surface area contributed by atoms with E-state index < -0.39 is 5.97 Å². The van der Waals surface area contributed by atoms with E-state index in [1.54, 1.807) is 48.1 Å². The van der Waals surface area contributed by atoms with Crippen LogP contribution in [0.1, 0.15) is 38.9 Å². The Morgan fingerprint density at radius 3 is 2.26 bits per heavy atom. The van der Waals surface area contributed by atoms with Crippen LogP contribution < -0.4 is 9.47 Å². The summed E-state index contributed by atoms with van der Waals surface area (Å²) in [5, 5.41) is 10.4. The monoisotopic (exact) mass is 479 g/mol. The standard InChI is InChI=1S/C17H14ClNO2.C10H12O3/c1-11-9-13-10-15(21-2)7-8-16(13)19(11)17(20)12-3-5-14(18)6-4-12;1-3-7-5-4-6-8(10(11)12)9(7)13-2/h3-10H,1-2H3;4-6H,3H2,1-2H3,(H,11,12). The summed E-state index contributed by atoms with van der Waals surface area (Å²) in [6.45, 7) is 3.88. The van der Waals surface area contributed by atoms with Gasteiger partial charge in [-0.25, -0.2) is 4.79 Å². The Labute approximate surface area is 203 Å². The minimum atomic E-state index is -0.952. The Bertz CT molecular complexity index is 1330. The molecule has 0 aliphatic carbocycles. The zero-order chi connectivity index (χ0) is 24.8. The van der Waals surface area contributed by atoms with Crippen molar-refractivity contribution < 1.29 is 24.2 Å². The van der Waals surface area contributed by atoms with Crippen molar-refractivity contribution in [2.75, 3.05) is 14.2 Å². The first kappa shape index (κ1) is 24.9. The van der Waals surface area contributed by atoms with Gasteiger partial charge in [-0.3, -0.25) is 9.36 Å². The van der Waals surface area contributed by atoms with E-state index in [2.05, 4.69) is 0 Å². The first-order chi connectivity index (χ1) is 16.3. The molecule has 3 aromatic carbocycles. The SMILES string of the molecule is CCc1cccc(C(=O)O)c1OC.COc1ccc2c(c1)cc(C)n2C(=O)c1ccc(Cl)cc1. The van der Waals surface area contributed by atoms with Gasteiger partial charge in [0.15, 0.2) is 0 Å². The maximum absolute atomic E-state index is 12.7. The van der Waals surface area contributed by atoms with Crippen molar-refractivity contribution in [1.82, 2.24) is 4.57 Å². The summed E-state index contributed by atoms with van der Waals surface area (Å²) in [6.07, 6.45) is 0.768. The number of aryl methyl sites for hydroxylation is 2. The van der Waals surface area contributed by atoms with E-state index in [0.717, 1.165) is 34.3 Å². The van der Waals surface area contributed by atoms with Gasteiger partial charge in [0.2, 0.25) is 0 Å². The number of ether oxygens (including phenoxy) is 2. The van der Waals surface area contributed by atoms with Gasteiger partial charge in [0.1, 0.15) is 17.1 Å². The second kappa shape index (κ2) is 10.9. The lowest BCUT2D eigenvalue weighted by Gasteiger charge is -2.08. The molecule has 1 N–H and O–H groups in total. The lowest BCUT2D eigenvalue weighted by atomic mass is 10.1. The second-order valence-corrected chi connectivity index (χ2v) is 7.95. The number of hydrogen-bond donors (Lipinski definition) is 1. The van der Waals surface area contributed by atoms with Crippen LogP contribution in [0.25, 0.3) is 10.9 Å². The number of fused-ring (bicyclic) bond motifs is 1.